The van der Waals surface area contributed by atoms with Gasteiger partial charge in [-0.1, -0.05) is 12.1 Å². The highest BCUT2D eigenvalue weighted by Crippen LogP contribution is 2.48. The molecule has 1 unspecified atom stereocenters. The van der Waals surface area contributed by atoms with E-state index in [1.165, 1.54) is 16.8 Å². The second-order valence-electron chi connectivity index (χ2n) is 10.2. The molecule has 4 N–H and O–H groups in total. The lowest BCUT2D eigenvalue weighted by molar-refractivity contribution is 0.190. The van der Waals surface area contributed by atoms with E-state index in [0.717, 1.165) is 25.9 Å². The Morgan fingerprint density at radius 1 is 1.25 bits per heavy atom. The summed E-state index contributed by atoms with van der Waals surface area (Å²) in [7, 11) is -2.32. The second-order valence-corrected chi connectivity index (χ2v) is 11.8. The number of nitrogens with zero attached hydrogens (tertiary/aromatic N) is 3. The van der Waals surface area contributed by atoms with E-state index in [0.29, 0.717) is 49.5 Å². The van der Waals surface area contributed by atoms with Gasteiger partial charge in [-0.25, -0.2) is 14.6 Å². The third-order valence-corrected chi connectivity index (χ3v) is 8.60. The first-order chi connectivity index (χ1) is 19.2. The zero-order valence-electron chi connectivity index (χ0n) is 22.3. The fourth-order valence-corrected chi connectivity index (χ4v) is 6.27. The topological polar surface area (TPSA) is 159 Å². The quantitative estimate of drug-likeness (QED) is 0.269. The van der Waals surface area contributed by atoms with Crippen LogP contribution in [0, 0.1) is 5.92 Å². The number of urea groups is 1. The molecule has 5 rings (SSSR count). The summed E-state index contributed by atoms with van der Waals surface area (Å²) in [5.74, 6) is -0.122. The SMILES string of the molecule is Cn1ccnc1S(=O)(=O)Nc1cccc(C(c2c(O)cc(CCCNC(=O)N3CCNCC3)oc2=O)C2CC2)c1. The van der Waals surface area contributed by atoms with Gasteiger partial charge >= 0.3 is 11.7 Å². The fourth-order valence-electron chi connectivity index (χ4n) is 5.10. The Kier molecular flexibility index (Phi) is 8.12. The number of rotatable bonds is 10. The number of hydrogen-bond acceptors (Lipinski definition) is 8. The van der Waals surface area contributed by atoms with Crippen molar-refractivity contribution in [3.05, 3.63) is 70.0 Å². The number of hydrogen-bond donors (Lipinski definition) is 4. The maximum absolute atomic E-state index is 13.1. The van der Waals surface area contributed by atoms with Crippen molar-refractivity contribution in [2.75, 3.05) is 37.4 Å². The Morgan fingerprint density at radius 3 is 2.70 bits per heavy atom. The van der Waals surface area contributed by atoms with Crippen molar-refractivity contribution in [2.45, 2.75) is 36.8 Å². The number of sulfonamides is 1. The van der Waals surface area contributed by atoms with E-state index in [1.807, 2.05) is 6.07 Å². The highest BCUT2D eigenvalue weighted by atomic mass is 32.2. The molecule has 2 fully saturated rings. The van der Waals surface area contributed by atoms with Gasteiger partial charge in [0.2, 0.25) is 5.16 Å². The molecule has 2 aliphatic rings. The number of aryl methyl sites for hydroxylation is 2. The first-order valence-electron chi connectivity index (χ1n) is 13.4. The molecule has 13 heteroatoms. The number of piperazine rings is 1. The summed E-state index contributed by atoms with van der Waals surface area (Å²) in [6, 6.07) is 8.19. The van der Waals surface area contributed by atoms with Crippen LogP contribution >= 0.6 is 0 Å². The van der Waals surface area contributed by atoms with Crippen molar-refractivity contribution in [1.82, 2.24) is 25.1 Å². The highest BCUT2D eigenvalue weighted by Gasteiger charge is 2.37. The van der Waals surface area contributed by atoms with Crippen LogP contribution in [0.3, 0.4) is 0 Å². The summed E-state index contributed by atoms with van der Waals surface area (Å²) in [5.41, 5.74) is 0.584. The molecule has 1 saturated carbocycles. The molecule has 2 aromatic heterocycles. The summed E-state index contributed by atoms with van der Waals surface area (Å²) in [6.45, 7) is 3.29. The lowest BCUT2D eigenvalue weighted by Gasteiger charge is -2.27. The summed E-state index contributed by atoms with van der Waals surface area (Å²) < 4.78 is 35.2. The number of anilines is 1. The van der Waals surface area contributed by atoms with Gasteiger partial charge in [-0.15, -0.1) is 0 Å². The van der Waals surface area contributed by atoms with Gasteiger partial charge in [0.25, 0.3) is 10.0 Å². The van der Waals surface area contributed by atoms with E-state index < -0.39 is 21.6 Å². The maximum Gasteiger partial charge on any atom is 0.343 e. The van der Waals surface area contributed by atoms with E-state index >= 15 is 0 Å². The van der Waals surface area contributed by atoms with Crippen LogP contribution in [0.25, 0.3) is 0 Å². The third kappa shape index (κ3) is 6.31. The molecular formula is C27H34N6O6S. The van der Waals surface area contributed by atoms with E-state index in [9.17, 15) is 23.1 Å². The van der Waals surface area contributed by atoms with Gasteiger partial charge in [0, 0.05) is 76.3 Å². The Hall–Kier alpha value is -3.84. The number of nitrogens with one attached hydrogen (secondary N) is 3. The Labute approximate surface area is 232 Å². The molecule has 1 aromatic carbocycles. The van der Waals surface area contributed by atoms with Crippen LogP contribution in [0.2, 0.25) is 0 Å². The monoisotopic (exact) mass is 570 g/mol. The second kappa shape index (κ2) is 11.7. The minimum absolute atomic E-state index is 0.113. The number of aromatic hydroxyl groups is 1. The first-order valence-corrected chi connectivity index (χ1v) is 14.9. The van der Waals surface area contributed by atoms with Crippen LogP contribution in [0.1, 0.15) is 42.1 Å². The molecule has 1 aliphatic heterocycles. The molecule has 0 spiro atoms. The normalized spacial score (nSPS) is 16.5. The van der Waals surface area contributed by atoms with Crippen LogP contribution in [0.15, 0.2) is 57.1 Å². The molecule has 40 heavy (non-hydrogen) atoms. The molecule has 0 bridgehead atoms. The van der Waals surface area contributed by atoms with Gasteiger partial charge < -0.3 is 29.6 Å². The number of aromatic nitrogens is 2. The van der Waals surface area contributed by atoms with Crippen molar-refractivity contribution in [1.29, 1.82) is 0 Å². The van der Waals surface area contributed by atoms with Gasteiger partial charge in [0.05, 0.1) is 5.56 Å². The zero-order valence-corrected chi connectivity index (χ0v) is 23.1. The van der Waals surface area contributed by atoms with Gasteiger partial charge in [-0.2, -0.15) is 8.42 Å². The molecular weight excluding hydrogens is 536 g/mol. The molecule has 1 aliphatic carbocycles. The Morgan fingerprint density at radius 2 is 2.02 bits per heavy atom. The molecule has 3 aromatic rings. The molecule has 1 atom stereocenters. The minimum Gasteiger partial charge on any atom is -0.507 e. The summed E-state index contributed by atoms with van der Waals surface area (Å²) in [5, 5.41) is 16.9. The van der Waals surface area contributed by atoms with Gasteiger partial charge in [-0.3, -0.25) is 4.72 Å². The predicted octanol–water partition coefficient (Wildman–Crippen LogP) is 1.97. The first kappa shape index (κ1) is 27.7. The number of carbonyl (C=O) groups is 1. The largest absolute Gasteiger partial charge is 0.507 e. The maximum atomic E-state index is 13.1. The zero-order chi connectivity index (χ0) is 28.3. The lowest BCUT2D eigenvalue weighted by Crippen LogP contribution is -2.50. The molecule has 3 heterocycles. The Balaban J connectivity index is 1.28. The van der Waals surface area contributed by atoms with E-state index in [1.54, 1.807) is 36.3 Å². The van der Waals surface area contributed by atoms with Gasteiger partial charge in [0.15, 0.2) is 0 Å². The van der Waals surface area contributed by atoms with E-state index in [4.69, 9.17) is 4.42 Å². The number of carbonyl (C=O) groups excluding carboxylic acids is 1. The van der Waals surface area contributed by atoms with Crippen molar-refractivity contribution in [3.8, 4) is 5.75 Å². The van der Waals surface area contributed by atoms with Crippen molar-refractivity contribution in [3.63, 3.8) is 0 Å². The third-order valence-electron chi connectivity index (χ3n) is 7.22. The Bertz CT molecular complexity index is 1520. The molecule has 0 radical (unpaired) electrons. The summed E-state index contributed by atoms with van der Waals surface area (Å²) in [4.78, 5) is 31.1. The summed E-state index contributed by atoms with van der Waals surface area (Å²) >= 11 is 0. The number of amides is 2. The van der Waals surface area contributed by atoms with Crippen molar-refractivity contribution < 1.29 is 22.7 Å². The van der Waals surface area contributed by atoms with Crippen molar-refractivity contribution >= 4 is 21.7 Å². The van der Waals surface area contributed by atoms with Crippen LogP contribution in [-0.4, -0.2) is 66.7 Å². The van der Waals surface area contributed by atoms with Crippen LogP contribution < -0.4 is 21.0 Å². The minimum atomic E-state index is -3.92. The highest BCUT2D eigenvalue weighted by molar-refractivity contribution is 7.92. The standard InChI is InChI=1S/C27H34N6O6S/c1-32-13-12-30-27(32)40(37,38)31-20-5-2-4-19(16-20)23(18-7-8-18)24-22(34)17-21(39-25(24)35)6-3-9-29-26(36)33-14-10-28-11-15-33/h2,4-5,12-13,16-18,23,28,31,34H,3,6-11,14-15H2,1H3,(H,29,36). The van der Waals surface area contributed by atoms with Gasteiger partial charge in [0.1, 0.15) is 11.5 Å². The smallest absolute Gasteiger partial charge is 0.343 e. The van der Waals surface area contributed by atoms with E-state index in [-0.39, 0.29) is 28.4 Å². The molecule has 1 saturated heterocycles. The van der Waals surface area contributed by atoms with Crippen molar-refractivity contribution in [2.24, 2.45) is 13.0 Å². The molecule has 2 amide bonds. The molecule has 12 nitrogen and oxygen atoms in total. The fraction of sp³-hybridized carbons (Fsp3) is 0.444. The van der Waals surface area contributed by atoms with E-state index in [2.05, 4.69) is 20.3 Å². The molecule has 214 valence electrons. The van der Waals surface area contributed by atoms with Gasteiger partial charge in [-0.05, 0) is 42.9 Å². The summed E-state index contributed by atoms with van der Waals surface area (Å²) in [6.07, 6.45) is 5.63. The predicted molar refractivity (Wildman–Crippen MR) is 148 cm³/mol. The van der Waals surface area contributed by atoms with Crippen LogP contribution in [-0.2, 0) is 23.5 Å². The lowest BCUT2D eigenvalue weighted by atomic mass is 9.87. The van der Waals surface area contributed by atoms with Crippen LogP contribution in [0.4, 0.5) is 10.5 Å². The number of imidazole rings is 1. The average molecular weight is 571 g/mol. The van der Waals surface area contributed by atoms with Crippen LogP contribution in [0.5, 0.6) is 5.75 Å². The average Bonchev–Trinajstić information content (AvgIpc) is 3.66. The number of benzene rings is 1.